The van der Waals surface area contributed by atoms with Gasteiger partial charge in [-0.1, -0.05) is 57.0 Å². The summed E-state index contributed by atoms with van der Waals surface area (Å²) in [6.07, 6.45) is 6.86. The largest absolute Gasteiger partial charge is 0.462 e. The van der Waals surface area contributed by atoms with E-state index in [2.05, 4.69) is 13.8 Å². The summed E-state index contributed by atoms with van der Waals surface area (Å²) in [5.41, 5.74) is 1.19. The van der Waals surface area contributed by atoms with Crippen molar-refractivity contribution in [1.29, 1.82) is 0 Å². The second-order valence-corrected chi connectivity index (χ2v) is 5.00. The van der Waals surface area contributed by atoms with Gasteiger partial charge >= 0.3 is 5.97 Å². The average molecular weight is 262 g/mol. The Kier molecular flexibility index (Phi) is 7.95. The molecule has 19 heavy (non-hydrogen) atoms. The molecule has 0 spiro atoms. The monoisotopic (exact) mass is 262 g/mol. The molecule has 0 saturated heterocycles. The molecule has 1 aromatic carbocycles. The molecule has 2 heteroatoms. The molecule has 0 bridgehead atoms. The van der Waals surface area contributed by atoms with Crippen LogP contribution in [0.15, 0.2) is 30.3 Å². The van der Waals surface area contributed by atoms with Crippen LogP contribution in [0.4, 0.5) is 0 Å². The maximum Gasteiger partial charge on any atom is 0.306 e. The first-order valence-electron chi connectivity index (χ1n) is 7.49. The highest BCUT2D eigenvalue weighted by Gasteiger charge is 2.12. The minimum Gasteiger partial charge on any atom is -0.462 e. The molecule has 0 aliphatic heterocycles. The van der Waals surface area contributed by atoms with E-state index in [0.29, 0.717) is 6.42 Å². The van der Waals surface area contributed by atoms with Crippen LogP contribution >= 0.6 is 0 Å². The Morgan fingerprint density at radius 1 is 1.16 bits per heavy atom. The third-order valence-corrected chi connectivity index (χ3v) is 3.34. The van der Waals surface area contributed by atoms with Crippen LogP contribution in [0.3, 0.4) is 0 Å². The fraction of sp³-hybridized carbons (Fsp3) is 0.588. The first kappa shape index (κ1) is 15.7. The number of carbonyl (C=O) groups excluding carboxylic acids is 1. The van der Waals surface area contributed by atoms with Crippen molar-refractivity contribution in [2.75, 3.05) is 0 Å². The summed E-state index contributed by atoms with van der Waals surface area (Å²) in [6.45, 7) is 4.27. The molecule has 0 N–H and O–H groups in total. The Morgan fingerprint density at radius 2 is 1.89 bits per heavy atom. The average Bonchev–Trinajstić information content (AvgIpc) is 2.45. The summed E-state index contributed by atoms with van der Waals surface area (Å²) in [5, 5.41) is 0. The van der Waals surface area contributed by atoms with E-state index in [9.17, 15) is 4.79 Å². The number of hydrogen-bond donors (Lipinski definition) is 0. The lowest BCUT2D eigenvalue weighted by atomic mass is 10.1. The molecule has 0 heterocycles. The molecule has 0 aromatic heterocycles. The fourth-order valence-electron chi connectivity index (χ4n) is 2.10. The van der Waals surface area contributed by atoms with Gasteiger partial charge in [-0.15, -0.1) is 0 Å². The van der Waals surface area contributed by atoms with E-state index in [-0.39, 0.29) is 12.1 Å². The number of aryl methyl sites for hydroxylation is 1. The van der Waals surface area contributed by atoms with Crippen LogP contribution < -0.4 is 0 Å². The number of benzene rings is 1. The Hall–Kier alpha value is -1.31. The zero-order chi connectivity index (χ0) is 13.9. The maximum absolute atomic E-state index is 11.8. The van der Waals surface area contributed by atoms with Gasteiger partial charge in [-0.3, -0.25) is 4.79 Å². The van der Waals surface area contributed by atoms with Gasteiger partial charge in [0.25, 0.3) is 0 Å². The van der Waals surface area contributed by atoms with Crippen LogP contribution in [0.25, 0.3) is 0 Å². The van der Waals surface area contributed by atoms with E-state index in [4.69, 9.17) is 4.74 Å². The van der Waals surface area contributed by atoms with Crippen LogP contribution in [0, 0.1) is 0 Å². The molecule has 1 rings (SSSR count). The van der Waals surface area contributed by atoms with Gasteiger partial charge in [0.15, 0.2) is 0 Å². The Morgan fingerprint density at radius 3 is 2.53 bits per heavy atom. The lowest BCUT2D eigenvalue weighted by Gasteiger charge is -2.16. The highest BCUT2D eigenvalue weighted by Crippen LogP contribution is 2.12. The molecule has 106 valence electrons. The smallest absolute Gasteiger partial charge is 0.306 e. The van der Waals surface area contributed by atoms with Gasteiger partial charge in [0.1, 0.15) is 6.10 Å². The number of unbranched alkanes of at least 4 members (excludes halogenated alkanes) is 2. The quantitative estimate of drug-likeness (QED) is 0.483. The number of hydrogen-bond acceptors (Lipinski definition) is 2. The third-order valence-electron chi connectivity index (χ3n) is 3.34. The van der Waals surface area contributed by atoms with Gasteiger partial charge in [-0.05, 0) is 31.2 Å². The number of rotatable bonds is 9. The van der Waals surface area contributed by atoms with E-state index in [0.717, 1.165) is 25.7 Å². The minimum atomic E-state index is -0.0628. The summed E-state index contributed by atoms with van der Waals surface area (Å²) in [5.74, 6) is -0.0628. The van der Waals surface area contributed by atoms with Gasteiger partial charge in [0.05, 0.1) is 0 Å². The van der Waals surface area contributed by atoms with E-state index in [1.165, 1.54) is 18.4 Å². The summed E-state index contributed by atoms with van der Waals surface area (Å²) < 4.78 is 5.53. The molecule has 0 aliphatic rings. The fourth-order valence-corrected chi connectivity index (χ4v) is 2.10. The number of esters is 1. The van der Waals surface area contributed by atoms with Crippen molar-refractivity contribution in [2.24, 2.45) is 0 Å². The second-order valence-electron chi connectivity index (χ2n) is 5.00. The lowest BCUT2D eigenvalue weighted by Crippen LogP contribution is -2.17. The summed E-state index contributed by atoms with van der Waals surface area (Å²) in [7, 11) is 0. The highest BCUT2D eigenvalue weighted by atomic mass is 16.5. The topological polar surface area (TPSA) is 26.3 Å². The van der Waals surface area contributed by atoms with E-state index >= 15 is 0 Å². The van der Waals surface area contributed by atoms with Crippen molar-refractivity contribution in [2.45, 2.75) is 64.9 Å². The van der Waals surface area contributed by atoms with Gasteiger partial charge in [-0.2, -0.15) is 0 Å². The van der Waals surface area contributed by atoms with Gasteiger partial charge in [-0.25, -0.2) is 0 Å². The van der Waals surface area contributed by atoms with Crippen LogP contribution in [-0.2, 0) is 16.0 Å². The first-order valence-corrected chi connectivity index (χ1v) is 7.49. The van der Waals surface area contributed by atoms with E-state index in [1.807, 2.05) is 30.3 Å². The molecule has 1 aromatic rings. The van der Waals surface area contributed by atoms with Crippen molar-refractivity contribution in [3.05, 3.63) is 35.9 Å². The van der Waals surface area contributed by atoms with Crippen molar-refractivity contribution < 1.29 is 9.53 Å². The molecule has 2 nitrogen and oxygen atoms in total. The molecular weight excluding hydrogens is 236 g/mol. The molecule has 0 saturated carbocycles. The van der Waals surface area contributed by atoms with Crippen molar-refractivity contribution >= 4 is 5.97 Å². The summed E-state index contributed by atoms with van der Waals surface area (Å²) >= 11 is 0. The standard InChI is InChI=1S/C17H26O2/c1-3-5-7-12-16(4-2)19-17(18)14-13-15-10-8-6-9-11-15/h6,8-11,16H,3-5,7,12-14H2,1-2H3. The summed E-state index contributed by atoms with van der Waals surface area (Å²) in [4.78, 5) is 11.8. The van der Waals surface area contributed by atoms with Gasteiger partial charge in [0, 0.05) is 6.42 Å². The zero-order valence-electron chi connectivity index (χ0n) is 12.2. The molecule has 0 radical (unpaired) electrons. The maximum atomic E-state index is 11.8. The molecule has 0 aliphatic carbocycles. The lowest BCUT2D eigenvalue weighted by molar-refractivity contribution is -0.149. The summed E-state index contributed by atoms with van der Waals surface area (Å²) in [6, 6.07) is 10.1. The molecular formula is C17H26O2. The first-order chi connectivity index (χ1) is 9.26. The van der Waals surface area contributed by atoms with Crippen molar-refractivity contribution in [1.82, 2.24) is 0 Å². The van der Waals surface area contributed by atoms with Crippen LogP contribution in [0.1, 0.15) is 57.9 Å². The predicted octanol–water partition coefficient (Wildman–Crippen LogP) is 4.52. The van der Waals surface area contributed by atoms with E-state index < -0.39 is 0 Å². The molecule has 1 atom stereocenters. The molecule has 1 unspecified atom stereocenters. The van der Waals surface area contributed by atoms with Gasteiger partial charge < -0.3 is 4.74 Å². The second kappa shape index (κ2) is 9.60. The predicted molar refractivity (Wildman–Crippen MR) is 79.1 cm³/mol. The van der Waals surface area contributed by atoms with Crippen LogP contribution in [0.5, 0.6) is 0 Å². The minimum absolute atomic E-state index is 0.0628. The van der Waals surface area contributed by atoms with Crippen molar-refractivity contribution in [3.63, 3.8) is 0 Å². The van der Waals surface area contributed by atoms with Crippen LogP contribution in [-0.4, -0.2) is 12.1 Å². The van der Waals surface area contributed by atoms with Crippen LogP contribution in [0.2, 0.25) is 0 Å². The van der Waals surface area contributed by atoms with E-state index in [1.54, 1.807) is 0 Å². The SMILES string of the molecule is CCCCCC(CC)OC(=O)CCc1ccccc1. The van der Waals surface area contributed by atoms with Gasteiger partial charge in [0.2, 0.25) is 0 Å². The highest BCUT2D eigenvalue weighted by molar-refractivity contribution is 5.69. The number of ether oxygens (including phenoxy) is 1. The Bertz CT molecular complexity index is 346. The van der Waals surface area contributed by atoms with Crippen molar-refractivity contribution in [3.8, 4) is 0 Å². The molecule has 0 fully saturated rings. The number of carbonyl (C=O) groups is 1. The normalized spacial score (nSPS) is 12.1. The third kappa shape index (κ3) is 7.00. The Balaban J connectivity index is 2.25. The molecule has 0 amide bonds. The Labute approximate surface area is 117 Å². The zero-order valence-corrected chi connectivity index (χ0v) is 12.2.